The number of amides is 1. The number of imidazole rings is 1. The fraction of sp³-hybridized carbons (Fsp3) is 0.545. The van der Waals surface area contributed by atoms with Gasteiger partial charge in [0.05, 0.1) is 29.3 Å². The molecule has 1 aliphatic rings. The molecule has 0 bridgehead atoms. The molecule has 3 aromatic rings. The summed E-state index contributed by atoms with van der Waals surface area (Å²) in [5, 5.41) is 13.5. The fourth-order valence-electron chi connectivity index (χ4n) is 3.67. The first-order valence-corrected chi connectivity index (χ1v) is 10.8. The van der Waals surface area contributed by atoms with Crippen LogP contribution in [0.15, 0.2) is 31.0 Å². The molecule has 166 valence electrons. The van der Waals surface area contributed by atoms with Gasteiger partial charge in [0.15, 0.2) is 5.69 Å². The van der Waals surface area contributed by atoms with E-state index in [0.717, 1.165) is 25.7 Å². The van der Waals surface area contributed by atoms with Gasteiger partial charge in [0.25, 0.3) is 5.91 Å². The Bertz CT molecular complexity index is 1020. The zero-order valence-electron chi connectivity index (χ0n) is 18.2. The average molecular weight is 427 g/mol. The molecule has 9 nitrogen and oxygen atoms in total. The number of aromatic nitrogens is 5. The van der Waals surface area contributed by atoms with Gasteiger partial charge < -0.3 is 20.1 Å². The van der Waals surface area contributed by atoms with Crippen molar-refractivity contribution in [2.45, 2.75) is 64.2 Å². The van der Waals surface area contributed by atoms with Crippen LogP contribution in [0.2, 0.25) is 0 Å². The van der Waals surface area contributed by atoms with Crippen LogP contribution in [0.3, 0.4) is 0 Å². The second kappa shape index (κ2) is 8.76. The molecule has 1 saturated carbocycles. The minimum atomic E-state index is -0.827. The summed E-state index contributed by atoms with van der Waals surface area (Å²) in [6, 6.07) is 1.89. The van der Waals surface area contributed by atoms with Crippen molar-refractivity contribution in [2.24, 2.45) is 5.92 Å². The Morgan fingerprint density at radius 3 is 2.81 bits per heavy atom. The molecule has 0 spiro atoms. The molecule has 4 rings (SSSR count). The summed E-state index contributed by atoms with van der Waals surface area (Å²) in [5.74, 6) is 0.320. The van der Waals surface area contributed by atoms with Crippen LogP contribution < -0.4 is 5.32 Å². The molecule has 1 atom stereocenters. The molecule has 31 heavy (non-hydrogen) atoms. The maximum absolute atomic E-state index is 13.0. The molecule has 9 heteroatoms. The summed E-state index contributed by atoms with van der Waals surface area (Å²) < 4.78 is 7.63. The molecule has 0 radical (unpaired) electrons. The van der Waals surface area contributed by atoms with Crippen molar-refractivity contribution < 1.29 is 14.6 Å². The number of ether oxygens (including phenoxy) is 1. The third-order valence-electron chi connectivity index (χ3n) is 6.21. The first kappa shape index (κ1) is 21.5. The fourth-order valence-corrected chi connectivity index (χ4v) is 3.67. The van der Waals surface area contributed by atoms with E-state index in [1.54, 1.807) is 29.5 Å². The van der Waals surface area contributed by atoms with E-state index in [0.29, 0.717) is 29.3 Å². The van der Waals surface area contributed by atoms with Gasteiger partial charge in [0, 0.05) is 24.6 Å². The second-order valence-corrected chi connectivity index (χ2v) is 8.85. The molecule has 1 fully saturated rings. The predicted molar refractivity (Wildman–Crippen MR) is 116 cm³/mol. The third kappa shape index (κ3) is 4.77. The first-order chi connectivity index (χ1) is 14.8. The number of H-pyrrole nitrogens is 1. The monoisotopic (exact) mass is 426 g/mol. The number of aliphatic hydroxyl groups is 1. The molecule has 3 aromatic heterocycles. The number of rotatable bonds is 7. The van der Waals surface area contributed by atoms with E-state index in [1.807, 2.05) is 26.8 Å². The van der Waals surface area contributed by atoms with Crippen LogP contribution in [0.25, 0.3) is 17.0 Å². The number of carbonyl (C=O) groups excluding carboxylic acids is 1. The molecule has 1 aliphatic carbocycles. The van der Waals surface area contributed by atoms with Gasteiger partial charge in [-0.1, -0.05) is 13.8 Å². The van der Waals surface area contributed by atoms with Gasteiger partial charge in [-0.3, -0.25) is 9.36 Å². The highest BCUT2D eigenvalue weighted by Gasteiger charge is 2.29. The summed E-state index contributed by atoms with van der Waals surface area (Å²) in [4.78, 5) is 29.1. The third-order valence-corrected chi connectivity index (χ3v) is 6.21. The topological polar surface area (TPSA) is 118 Å². The van der Waals surface area contributed by atoms with Gasteiger partial charge in [-0.15, -0.1) is 0 Å². The Balaban J connectivity index is 1.39. The SMILES string of the molecule is CC(C)[C@@](C)(O)CO[C@H]1CC[C@H](NC(=O)c2nc(-n3ccnc3)nc3cc[nH]c23)CC1. The van der Waals surface area contributed by atoms with Crippen LogP contribution >= 0.6 is 0 Å². The van der Waals surface area contributed by atoms with E-state index in [4.69, 9.17) is 4.74 Å². The van der Waals surface area contributed by atoms with E-state index in [1.165, 1.54) is 0 Å². The lowest BCUT2D eigenvalue weighted by atomic mass is 9.91. The lowest BCUT2D eigenvalue weighted by Crippen LogP contribution is -2.42. The highest BCUT2D eigenvalue weighted by atomic mass is 16.5. The number of nitrogens with one attached hydrogen (secondary N) is 2. The Morgan fingerprint density at radius 2 is 2.13 bits per heavy atom. The van der Waals surface area contributed by atoms with Crippen molar-refractivity contribution in [3.05, 3.63) is 36.7 Å². The molecule has 0 aromatic carbocycles. The van der Waals surface area contributed by atoms with E-state index in [2.05, 4.69) is 25.3 Å². The summed E-state index contributed by atoms with van der Waals surface area (Å²) in [5.41, 5.74) is 0.796. The molecular formula is C22H30N6O3. The van der Waals surface area contributed by atoms with Crippen molar-refractivity contribution in [3.63, 3.8) is 0 Å². The van der Waals surface area contributed by atoms with Crippen LogP contribution in [0, 0.1) is 5.92 Å². The normalized spacial score (nSPS) is 21.3. The molecule has 1 amide bonds. The van der Waals surface area contributed by atoms with E-state index < -0.39 is 5.60 Å². The van der Waals surface area contributed by atoms with Gasteiger partial charge in [-0.05, 0) is 44.6 Å². The maximum Gasteiger partial charge on any atom is 0.272 e. The van der Waals surface area contributed by atoms with Gasteiger partial charge in [-0.25, -0.2) is 15.0 Å². The zero-order valence-corrected chi connectivity index (χ0v) is 18.2. The van der Waals surface area contributed by atoms with Crippen molar-refractivity contribution in [3.8, 4) is 5.95 Å². The van der Waals surface area contributed by atoms with E-state index in [-0.39, 0.29) is 24.0 Å². The van der Waals surface area contributed by atoms with Gasteiger partial charge in [0.1, 0.15) is 6.33 Å². The van der Waals surface area contributed by atoms with E-state index >= 15 is 0 Å². The van der Waals surface area contributed by atoms with Crippen LogP contribution in [0.1, 0.15) is 56.9 Å². The van der Waals surface area contributed by atoms with Crippen molar-refractivity contribution in [1.29, 1.82) is 0 Å². The van der Waals surface area contributed by atoms with Gasteiger partial charge >= 0.3 is 0 Å². The summed E-state index contributed by atoms with van der Waals surface area (Å²) >= 11 is 0. The Hall–Kier alpha value is -2.78. The number of nitrogens with zero attached hydrogens (tertiary/aromatic N) is 4. The van der Waals surface area contributed by atoms with Crippen molar-refractivity contribution in [2.75, 3.05) is 6.61 Å². The van der Waals surface area contributed by atoms with Crippen LogP contribution in [0.5, 0.6) is 0 Å². The number of aromatic amines is 1. The Kier molecular flexibility index (Phi) is 6.06. The number of hydrogen-bond donors (Lipinski definition) is 3. The summed E-state index contributed by atoms with van der Waals surface area (Å²) in [6.45, 7) is 6.12. The lowest BCUT2D eigenvalue weighted by molar-refractivity contribution is -0.0941. The summed E-state index contributed by atoms with van der Waals surface area (Å²) in [6.07, 6.45) is 10.2. The Morgan fingerprint density at radius 1 is 1.35 bits per heavy atom. The molecule has 3 heterocycles. The maximum atomic E-state index is 13.0. The number of fused-ring (bicyclic) bond motifs is 1. The molecule has 0 aliphatic heterocycles. The first-order valence-electron chi connectivity index (χ1n) is 10.8. The minimum absolute atomic E-state index is 0.0645. The molecule has 0 saturated heterocycles. The van der Waals surface area contributed by atoms with Crippen LogP contribution in [0.4, 0.5) is 0 Å². The predicted octanol–water partition coefficient (Wildman–Crippen LogP) is 2.61. The zero-order chi connectivity index (χ0) is 22.0. The largest absolute Gasteiger partial charge is 0.388 e. The number of carbonyl (C=O) groups is 1. The second-order valence-electron chi connectivity index (χ2n) is 8.85. The highest BCUT2D eigenvalue weighted by Crippen LogP contribution is 2.25. The minimum Gasteiger partial charge on any atom is -0.388 e. The molecular weight excluding hydrogens is 396 g/mol. The standard InChI is InChI=1S/C22H30N6O3/c1-14(2)22(3,30)12-31-16-6-4-15(5-7-16)25-20(29)19-18-17(8-9-24-18)26-21(27-19)28-11-10-23-13-28/h8-11,13-16,24,30H,4-7,12H2,1-3H3,(H,25,29)/t15-,16-,22-/m0/s1. The van der Waals surface area contributed by atoms with Crippen LogP contribution in [-0.4, -0.2) is 59.9 Å². The highest BCUT2D eigenvalue weighted by molar-refractivity contribution is 6.03. The van der Waals surface area contributed by atoms with Gasteiger partial charge in [0.2, 0.25) is 5.95 Å². The van der Waals surface area contributed by atoms with E-state index in [9.17, 15) is 9.90 Å². The number of hydrogen-bond acceptors (Lipinski definition) is 6. The Labute approximate surface area is 181 Å². The molecule has 0 unspecified atom stereocenters. The lowest BCUT2D eigenvalue weighted by Gasteiger charge is -2.33. The average Bonchev–Trinajstić information content (AvgIpc) is 3.44. The summed E-state index contributed by atoms with van der Waals surface area (Å²) in [7, 11) is 0. The molecule has 3 N–H and O–H groups in total. The smallest absolute Gasteiger partial charge is 0.272 e. The quantitative estimate of drug-likeness (QED) is 0.534. The van der Waals surface area contributed by atoms with Crippen molar-refractivity contribution >= 4 is 16.9 Å². The van der Waals surface area contributed by atoms with Crippen molar-refractivity contribution in [1.82, 2.24) is 29.8 Å². The van der Waals surface area contributed by atoms with Gasteiger partial charge in [-0.2, -0.15) is 0 Å². The van der Waals surface area contributed by atoms with Crippen LogP contribution in [-0.2, 0) is 4.74 Å².